The Bertz CT molecular complexity index is 787. The predicted octanol–water partition coefficient (Wildman–Crippen LogP) is 2.55. The molecule has 0 saturated carbocycles. The second-order valence-corrected chi connectivity index (χ2v) is 7.43. The van der Waals surface area contributed by atoms with E-state index < -0.39 is 42.1 Å². The maximum atomic E-state index is 12.5. The van der Waals surface area contributed by atoms with Crippen molar-refractivity contribution in [3.8, 4) is 0 Å². The molecule has 0 aromatic heterocycles. The third-order valence-electron chi connectivity index (χ3n) is 5.01. The van der Waals surface area contributed by atoms with Crippen molar-refractivity contribution >= 4 is 17.9 Å². The van der Waals surface area contributed by atoms with Gasteiger partial charge >= 0.3 is 17.9 Å². The highest BCUT2D eigenvalue weighted by Crippen LogP contribution is 2.36. The number of rotatable bonds is 4. The van der Waals surface area contributed by atoms with Crippen molar-refractivity contribution < 1.29 is 33.7 Å². The van der Waals surface area contributed by atoms with E-state index in [1.165, 1.54) is 6.92 Å². The number of aliphatic hydroxyl groups excluding tert-OH is 1. The lowest BCUT2D eigenvalue weighted by Crippen LogP contribution is -2.34. The van der Waals surface area contributed by atoms with E-state index in [1.807, 2.05) is 6.92 Å². The molecule has 0 aromatic rings. The molecule has 4 unspecified atom stereocenters. The van der Waals surface area contributed by atoms with Crippen LogP contribution in [0.1, 0.15) is 40.5 Å². The lowest BCUT2D eigenvalue weighted by molar-refractivity contribution is -0.148. The maximum absolute atomic E-state index is 12.5. The van der Waals surface area contributed by atoms with E-state index in [2.05, 4.69) is 6.58 Å². The van der Waals surface area contributed by atoms with E-state index in [-0.39, 0.29) is 18.6 Å². The number of hydrogen-bond donors (Lipinski definition) is 1. The van der Waals surface area contributed by atoms with Gasteiger partial charge in [-0.15, -0.1) is 0 Å². The minimum absolute atomic E-state index is 0.0511. The van der Waals surface area contributed by atoms with Gasteiger partial charge in [-0.2, -0.15) is 0 Å². The summed E-state index contributed by atoms with van der Waals surface area (Å²) in [5.74, 6) is -2.11. The number of hydrogen-bond acceptors (Lipinski definition) is 7. The number of aliphatic hydroxyl groups is 1. The van der Waals surface area contributed by atoms with Gasteiger partial charge in [-0.3, -0.25) is 4.79 Å². The van der Waals surface area contributed by atoms with Crippen molar-refractivity contribution in [3.63, 3.8) is 0 Å². The first-order valence-electron chi connectivity index (χ1n) is 9.54. The SMILES string of the molecule is C=C1C(=O)OC2C=C(C)CC(O)C=C(COC(C)=O)CC(OC(=O)C(C)=CC)C12. The molecule has 0 radical (unpaired) electrons. The Morgan fingerprint density at radius 3 is 2.62 bits per heavy atom. The van der Waals surface area contributed by atoms with Crippen LogP contribution >= 0.6 is 0 Å². The van der Waals surface area contributed by atoms with Crippen molar-refractivity contribution in [2.24, 2.45) is 5.92 Å². The number of esters is 3. The molecule has 1 aliphatic carbocycles. The lowest BCUT2D eigenvalue weighted by atomic mass is 9.85. The molecule has 7 heteroatoms. The highest BCUT2D eigenvalue weighted by Gasteiger charge is 2.44. The summed E-state index contributed by atoms with van der Waals surface area (Å²) < 4.78 is 16.3. The van der Waals surface area contributed by atoms with Crippen LogP contribution in [0.4, 0.5) is 0 Å². The molecular weight excluding hydrogens is 376 g/mol. The Kier molecular flexibility index (Phi) is 7.56. The second-order valence-electron chi connectivity index (χ2n) is 7.43. The molecule has 29 heavy (non-hydrogen) atoms. The Hall–Kier alpha value is -2.67. The molecule has 0 aromatic carbocycles. The van der Waals surface area contributed by atoms with Gasteiger partial charge in [0.2, 0.25) is 0 Å². The summed E-state index contributed by atoms with van der Waals surface area (Å²) >= 11 is 0. The van der Waals surface area contributed by atoms with Crippen molar-refractivity contribution in [3.05, 3.63) is 47.1 Å². The van der Waals surface area contributed by atoms with Crippen LogP contribution in [0.15, 0.2) is 47.1 Å². The normalized spacial score (nSPS) is 28.0. The van der Waals surface area contributed by atoms with E-state index in [0.717, 1.165) is 5.57 Å². The van der Waals surface area contributed by atoms with Crippen LogP contribution in [0.2, 0.25) is 0 Å². The third-order valence-corrected chi connectivity index (χ3v) is 5.01. The molecule has 2 rings (SSSR count). The molecular formula is C22H28O7. The number of ether oxygens (including phenoxy) is 3. The fraction of sp³-hybridized carbons (Fsp3) is 0.500. The van der Waals surface area contributed by atoms with Crippen LogP contribution in [0, 0.1) is 5.92 Å². The van der Waals surface area contributed by atoms with Crippen LogP contribution in [-0.2, 0) is 28.6 Å². The molecule has 0 bridgehead atoms. The molecule has 1 saturated heterocycles. The topological polar surface area (TPSA) is 99.1 Å². The van der Waals surface area contributed by atoms with Gasteiger partial charge in [0.05, 0.1) is 12.0 Å². The predicted molar refractivity (Wildman–Crippen MR) is 106 cm³/mol. The largest absolute Gasteiger partial charge is 0.461 e. The van der Waals surface area contributed by atoms with E-state index in [0.29, 0.717) is 17.6 Å². The van der Waals surface area contributed by atoms with Crippen LogP contribution in [-0.4, -0.2) is 47.9 Å². The molecule has 1 N–H and O–H groups in total. The second kappa shape index (κ2) is 9.69. The van der Waals surface area contributed by atoms with E-state index in [9.17, 15) is 19.5 Å². The van der Waals surface area contributed by atoms with Gasteiger partial charge in [0.15, 0.2) is 0 Å². The van der Waals surface area contributed by atoms with Crippen molar-refractivity contribution in [2.45, 2.75) is 58.8 Å². The Balaban J connectivity index is 2.46. The van der Waals surface area contributed by atoms with Crippen LogP contribution in [0.3, 0.4) is 0 Å². The summed E-state index contributed by atoms with van der Waals surface area (Å²) in [4.78, 5) is 35.9. The summed E-state index contributed by atoms with van der Waals surface area (Å²) in [6.07, 6.45) is 3.24. The fourth-order valence-electron chi connectivity index (χ4n) is 3.41. The van der Waals surface area contributed by atoms with Gasteiger partial charge in [-0.1, -0.05) is 24.3 Å². The summed E-state index contributed by atoms with van der Waals surface area (Å²) in [6.45, 7) is 10.3. The third kappa shape index (κ3) is 5.90. The first-order chi connectivity index (χ1) is 13.6. The summed E-state index contributed by atoms with van der Waals surface area (Å²) in [5.41, 5.74) is 2.05. The summed E-state index contributed by atoms with van der Waals surface area (Å²) in [7, 11) is 0. The molecule has 1 aliphatic heterocycles. The fourth-order valence-corrected chi connectivity index (χ4v) is 3.41. The van der Waals surface area contributed by atoms with Gasteiger partial charge in [0.25, 0.3) is 0 Å². The van der Waals surface area contributed by atoms with Crippen molar-refractivity contribution in [2.75, 3.05) is 6.61 Å². The smallest absolute Gasteiger partial charge is 0.334 e. The monoisotopic (exact) mass is 404 g/mol. The Morgan fingerprint density at radius 2 is 2.00 bits per heavy atom. The number of allylic oxidation sites excluding steroid dienone is 1. The first kappa shape index (κ1) is 22.6. The van der Waals surface area contributed by atoms with Crippen LogP contribution in [0.5, 0.6) is 0 Å². The van der Waals surface area contributed by atoms with Crippen LogP contribution in [0.25, 0.3) is 0 Å². The maximum Gasteiger partial charge on any atom is 0.334 e. The molecule has 158 valence electrons. The van der Waals surface area contributed by atoms with Crippen molar-refractivity contribution in [1.29, 1.82) is 0 Å². The quantitative estimate of drug-likeness (QED) is 0.333. The number of carbonyl (C=O) groups is 3. The minimum atomic E-state index is -0.817. The zero-order valence-electron chi connectivity index (χ0n) is 17.3. The Labute approximate surface area is 170 Å². The van der Waals surface area contributed by atoms with Gasteiger partial charge in [-0.25, -0.2) is 9.59 Å². The molecule has 0 amide bonds. The van der Waals surface area contributed by atoms with Gasteiger partial charge in [0, 0.05) is 24.5 Å². The summed E-state index contributed by atoms with van der Waals surface area (Å²) in [5, 5.41) is 10.4. The highest BCUT2D eigenvalue weighted by molar-refractivity contribution is 5.92. The number of carbonyl (C=O) groups excluding carboxylic acids is 3. The van der Waals surface area contributed by atoms with E-state index in [1.54, 1.807) is 32.1 Å². The number of fused-ring (bicyclic) bond motifs is 1. The lowest BCUT2D eigenvalue weighted by Gasteiger charge is -2.28. The molecule has 1 fully saturated rings. The average molecular weight is 404 g/mol. The van der Waals surface area contributed by atoms with Crippen LogP contribution < -0.4 is 0 Å². The Morgan fingerprint density at radius 1 is 1.31 bits per heavy atom. The highest BCUT2D eigenvalue weighted by atomic mass is 16.6. The van der Waals surface area contributed by atoms with Gasteiger partial charge in [0.1, 0.15) is 18.8 Å². The first-order valence-corrected chi connectivity index (χ1v) is 9.54. The standard InChI is InChI=1S/C22H28O7/c1-6-13(3)21(25)28-19-10-16(11-27-15(5)23)9-17(24)7-12(2)8-18-20(19)14(4)22(26)29-18/h6,8-9,17-20,24H,4,7,10-11H2,1-3,5H3. The zero-order valence-corrected chi connectivity index (χ0v) is 17.3. The van der Waals surface area contributed by atoms with E-state index in [4.69, 9.17) is 14.2 Å². The summed E-state index contributed by atoms with van der Waals surface area (Å²) in [6, 6.07) is 0. The van der Waals surface area contributed by atoms with Gasteiger partial charge in [-0.05, 0) is 38.8 Å². The molecule has 4 atom stereocenters. The molecule has 2 aliphatic rings. The average Bonchev–Trinajstić information content (AvgIpc) is 2.90. The molecule has 0 spiro atoms. The zero-order chi connectivity index (χ0) is 21.7. The van der Waals surface area contributed by atoms with Crippen molar-refractivity contribution in [1.82, 2.24) is 0 Å². The van der Waals surface area contributed by atoms with Gasteiger partial charge < -0.3 is 19.3 Å². The van der Waals surface area contributed by atoms with E-state index >= 15 is 0 Å². The molecule has 1 heterocycles. The molecule has 7 nitrogen and oxygen atoms in total. The minimum Gasteiger partial charge on any atom is -0.461 e.